The summed E-state index contributed by atoms with van der Waals surface area (Å²) >= 11 is 0. The summed E-state index contributed by atoms with van der Waals surface area (Å²) in [5.74, 6) is -0.296. The molecule has 0 N–H and O–H groups in total. The summed E-state index contributed by atoms with van der Waals surface area (Å²) in [6, 6.07) is 0. The van der Waals surface area contributed by atoms with E-state index in [1.165, 1.54) is 25.7 Å². The number of hydrogen-bond acceptors (Lipinski definition) is 4. The smallest absolute Gasteiger partial charge is 0.550 e. The Morgan fingerprint density at radius 1 is 0.600 bits per heavy atom. The fourth-order valence-electron chi connectivity index (χ4n) is 2.35. The Morgan fingerprint density at radius 3 is 1.12 bits per heavy atom. The predicted molar refractivity (Wildman–Crippen MR) is 95.1 cm³/mol. The normalized spacial score (nSPS) is 10.2. The molecule has 0 spiro atoms. The van der Waals surface area contributed by atoms with Crippen molar-refractivity contribution in [1.29, 1.82) is 0 Å². The third-order valence-corrected chi connectivity index (χ3v) is 3.82. The first-order chi connectivity index (χ1) is 11.3. The predicted octanol–water partition coefficient (Wildman–Crippen LogP) is 3.46. The van der Waals surface area contributed by atoms with Crippen molar-refractivity contribution in [2.75, 3.05) is 0 Å². The van der Waals surface area contributed by atoms with E-state index in [4.69, 9.17) is 0 Å². The molecule has 0 rings (SSSR count). The molecule has 5 heteroatoms. The monoisotopic (exact) mass is 401 g/mol. The van der Waals surface area contributed by atoms with Crippen molar-refractivity contribution in [3.63, 3.8) is 0 Å². The van der Waals surface area contributed by atoms with Gasteiger partial charge < -0.3 is 19.8 Å². The van der Waals surface area contributed by atoms with Gasteiger partial charge in [-0.15, -0.1) is 0 Å². The molecule has 0 unspecified atom stereocenters. The van der Waals surface area contributed by atoms with Gasteiger partial charge in [-0.25, -0.2) is 0 Å². The van der Waals surface area contributed by atoms with Gasteiger partial charge in [0.15, 0.2) is 0 Å². The molecule has 0 aliphatic rings. The van der Waals surface area contributed by atoms with Crippen LogP contribution in [0.5, 0.6) is 0 Å². The Bertz CT molecular complexity index is 274. The molecule has 0 fully saturated rings. The van der Waals surface area contributed by atoms with Crippen molar-refractivity contribution in [2.45, 2.75) is 105 Å². The van der Waals surface area contributed by atoms with Crippen LogP contribution < -0.4 is 10.2 Å². The Hall–Kier alpha value is -0.554. The third kappa shape index (κ3) is 35.4. The minimum absolute atomic E-state index is 0. The van der Waals surface area contributed by atoms with E-state index in [1.54, 1.807) is 0 Å². The molecular weight excluding hydrogens is 363 g/mol. The van der Waals surface area contributed by atoms with Crippen LogP contribution in [0.25, 0.3) is 0 Å². The molecule has 151 valence electrons. The van der Waals surface area contributed by atoms with Crippen molar-refractivity contribution in [1.82, 2.24) is 0 Å². The van der Waals surface area contributed by atoms with Gasteiger partial charge in [0.05, 0.1) is 0 Å². The van der Waals surface area contributed by atoms with E-state index in [0.29, 0.717) is 0 Å². The second kappa shape index (κ2) is 21.5. The molecule has 0 aliphatic heterocycles. The molecule has 0 bridgehead atoms. The quantitative estimate of drug-likeness (QED) is 0.418. The Balaban J connectivity index is -0.000000372. The van der Waals surface area contributed by atoms with Gasteiger partial charge in [0, 0.05) is 11.9 Å². The molecular formula is C20H38CoO4. The minimum Gasteiger partial charge on any atom is -0.550 e. The van der Waals surface area contributed by atoms with E-state index in [9.17, 15) is 19.8 Å². The maximum atomic E-state index is 10.0. The maximum absolute atomic E-state index is 10.0. The second-order valence-corrected chi connectivity index (χ2v) is 7.44. The van der Waals surface area contributed by atoms with Crippen LogP contribution in [0.3, 0.4) is 0 Å². The number of rotatable bonds is 14. The van der Waals surface area contributed by atoms with Gasteiger partial charge in [-0.1, -0.05) is 79.1 Å². The van der Waals surface area contributed by atoms with Crippen LogP contribution in [0.15, 0.2) is 0 Å². The standard InChI is InChI=1S/2C10H20O2.Co/c2*1-9(2)7-5-3-4-6-8-10(11)12;/h2*9H,3-8H2,1-2H3,(H,11,12);/q;;+2/p-2. The minimum atomic E-state index is -0.918. The van der Waals surface area contributed by atoms with Crippen LogP contribution in [0, 0.1) is 11.8 Å². The van der Waals surface area contributed by atoms with Crippen molar-refractivity contribution in [2.24, 2.45) is 11.8 Å². The molecule has 1 radical (unpaired) electrons. The first-order valence-corrected chi connectivity index (χ1v) is 9.65. The summed E-state index contributed by atoms with van der Waals surface area (Å²) in [6.45, 7) is 8.84. The molecule has 0 saturated carbocycles. The second-order valence-electron chi connectivity index (χ2n) is 7.44. The number of aliphatic carboxylic acids is 2. The van der Waals surface area contributed by atoms with Gasteiger partial charge in [0.1, 0.15) is 0 Å². The Kier molecular flexibility index (Phi) is 25.1. The van der Waals surface area contributed by atoms with Crippen LogP contribution in [-0.2, 0) is 26.4 Å². The van der Waals surface area contributed by atoms with Gasteiger partial charge in [-0.05, 0) is 37.5 Å². The SMILES string of the molecule is CC(C)CCCCCCC(=O)[O-].CC(C)CCCCCCC(=O)[O-].[Co+2]. The number of carbonyl (C=O) groups excluding carboxylic acids is 2. The van der Waals surface area contributed by atoms with Gasteiger partial charge in [-0.3, -0.25) is 0 Å². The molecule has 0 saturated heterocycles. The Morgan fingerprint density at radius 2 is 0.880 bits per heavy atom. The fraction of sp³-hybridized carbons (Fsp3) is 0.900. The van der Waals surface area contributed by atoms with Crippen molar-refractivity contribution in [3.05, 3.63) is 0 Å². The van der Waals surface area contributed by atoms with E-state index in [-0.39, 0.29) is 29.6 Å². The molecule has 0 amide bonds. The zero-order chi connectivity index (χ0) is 18.8. The van der Waals surface area contributed by atoms with Gasteiger partial charge >= 0.3 is 16.8 Å². The molecule has 4 nitrogen and oxygen atoms in total. The molecule has 0 atom stereocenters. The summed E-state index contributed by atoms with van der Waals surface area (Å²) in [4.78, 5) is 20.1. The van der Waals surface area contributed by atoms with Gasteiger partial charge in [0.2, 0.25) is 0 Å². The van der Waals surface area contributed by atoms with E-state index in [0.717, 1.165) is 50.4 Å². The topological polar surface area (TPSA) is 80.3 Å². The molecule has 0 aromatic rings. The zero-order valence-electron chi connectivity index (χ0n) is 16.6. The average molecular weight is 401 g/mol. The zero-order valence-corrected chi connectivity index (χ0v) is 17.6. The van der Waals surface area contributed by atoms with Crippen LogP contribution in [0.4, 0.5) is 0 Å². The molecule has 25 heavy (non-hydrogen) atoms. The summed E-state index contributed by atoms with van der Waals surface area (Å²) in [7, 11) is 0. The summed E-state index contributed by atoms with van der Waals surface area (Å²) in [6.07, 6.45) is 11.3. The number of hydrogen-bond donors (Lipinski definition) is 0. The van der Waals surface area contributed by atoms with Crippen LogP contribution in [0.1, 0.15) is 105 Å². The average Bonchev–Trinajstić information content (AvgIpc) is 2.46. The van der Waals surface area contributed by atoms with Crippen molar-refractivity contribution in [3.8, 4) is 0 Å². The summed E-state index contributed by atoms with van der Waals surface area (Å²) < 4.78 is 0. The van der Waals surface area contributed by atoms with E-state index < -0.39 is 11.9 Å². The largest absolute Gasteiger partial charge is 2.00 e. The molecule has 0 aromatic heterocycles. The first kappa shape index (κ1) is 29.2. The molecule has 0 aromatic carbocycles. The first-order valence-electron chi connectivity index (χ1n) is 9.65. The summed E-state index contributed by atoms with van der Waals surface area (Å²) in [5, 5.41) is 20.1. The number of carboxylic acid groups (broad SMARTS) is 2. The molecule has 0 heterocycles. The van der Waals surface area contributed by atoms with Gasteiger partial charge in [-0.2, -0.15) is 0 Å². The maximum Gasteiger partial charge on any atom is 2.00 e. The van der Waals surface area contributed by atoms with Crippen LogP contribution >= 0.6 is 0 Å². The number of unbranched alkanes of at least 4 members (excludes halogenated alkanes) is 6. The van der Waals surface area contributed by atoms with Crippen molar-refractivity contribution >= 4 is 11.9 Å². The summed E-state index contributed by atoms with van der Waals surface area (Å²) in [5.41, 5.74) is 0. The van der Waals surface area contributed by atoms with Gasteiger partial charge in [0.25, 0.3) is 0 Å². The Labute approximate surface area is 165 Å². The third-order valence-electron chi connectivity index (χ3n) is 3.82. The fourth-order valence-corrected chi connectivity index (χ4v) is 2.35. The van der Waals surface area contributed by atoms with Crippen molar-refractivity contribution < 1.29 is 36.6 Å². The van der Waals surface area contributed by atoms with E-state index >= 15 is 0 Å². The van der Waals surface area contributed by atoms with E-state index in [2.05, 4.69) is 27.7 Å². The van der Waals surface area contributed by atoms with Crippen LogP contribution in [0.2, 0.25) is 0 Å². The molecule has 0 aliphatic carbocycles. The number of carbonyl (C=O) groups is 2. The van der Waals surface area contributed by atoms with Crippen LogP contribution in [-0.4, -0.2) is 11.9 Å². The number of carboxylic acids is 2. The van der Waals surface area contributed by atoms with E-state index in [1.807, 2.05) is 0 Å².